The highest BCUT2D eigenvalue weighted by atomic mass is 31.2. The molecule has 3 heterocycles. The summed E-state index contributed by atoms with van der Waals surface area (Å²) in [5.74, 6) is -1.79. The minimum atomic E-state index is -1.61. The highest BCUT2D eigenvalue weighted by Gasteiger charge is 2.37. The zero-order valence-electron chi connectivity index (χ0n) is 17.6. The van der Waals surface area contributed by atoms with Crippen molar-refractivity contribution < 1.29 is 42.0 Å². The Morgan fingerprint density at radius 3 is 1.11 bits per heavy atom. The standard InChI is InChI=1S/C18H33O9P/c1-16(2)19-7-13(25-16)10-22-28(23-11-14-8-20-17(3,4)26-14)24-12-15-9-21-18(5,6)27-15/h13-15H,7-12H2,1-6H3. The Bertz CT molecular complexity index is 442. The second kappa shape index (κ2) is 9.06. The van der Waals surface area contributed by atoms with E-state index in [1.54, 1.807) is 0 Å². The molecule has 0 aromatic heterocycles. The lowest BCUT2D eigenvalue weighted by Gasteiger charge is -2.22. The molecule has 0 aromatic rings. The Morgan fingerprint density at radius 1 is 0.607 bits per heavy atom. The van der Waals surface area contributed by atoms with Crippen LogP contribution in [0, 0.1) is 0 Å². The van der Waals surface area contributed by atoms with Crippen LogP contribution < -0.4 is 0 Å². The molecule has 3 fully saturated rings. The van der Waals surface area contributed by atoms with Gasteiger partial charge in [0.15, 0.2) is 17.4 Å². The molecule has 28 heavy (non-hydrogen) atoms. The Hall–Kier alpha value is 0.0700. The van der Waals surface area contributed by atoms with Crippen LogP contribution in [0.2, 0.25) is 0 Å². The first-order valence-corrected chi connectivity index (χ1v) is 10.8. The molecule has 0 aliphatic carbocycles. The molecule has 3 atom stereocenters. The maximum Gasteiger partial charge on any atom is 0.332 e. The van der Waals surface area contributed by atoms with Crippen LogP contribution in [0.5, 0.6) is 0 Å². The van der Waals surface area contributed by atoms with Crippen molar-refractivity contribution in [3.8, 4) is 0 Å². The van der Waals surface area contributed by atoms with Crippen LogP contribution >= 0.6 is 8.60 Å². The average molecular weight is 424 g/mol. The molecule has 0 radical (unpaired) electrons. The molecule has 9 nitrogen and oxygen atoms in total. The molecule has 0 N–H and O–H groups in total. The lowest BCUT2D eigenvalue weighted by atomic mass is 10.4. The van der Waals surface area contributed by atoms with Gasteiger partial charge in [0.25, 0.3) is 0 Å². The number of hydrogen-bond donors (Lipinski definition) is 0. The summed E-state index contributed by atoms with van der Waals surface area (Å²) in [7, 11) is -1.61. The molecule has 0 saturated carbocycles. The van der Waals surface area contributed by atoms with Gasteiger partial charge in [-0.2, -0.15) is 0 Å². The molecule has 3 aliphatic heterocycles. The molecule has 0 spiro atoms. The van der Waals surface area contributed by atoms with Crippen molar-refractivity contribution in [3.05, 3.63) is 0 Å². The molecule has 0 aromatic carbocycles. The lowest BCUT2D eigenvalue weighted by Crippen LogP contribution is -2.26. The van der Waals surface area contributed by atoms with Crippen molar-refractivity contribution >= 4 is 8.60 Å². The van der Waals surface area contributed by atoms with Gasteiger partial charge in [0.2, 0.25) is 0 Å². The lowest BCUT2D eigenvalue weighted by molar-refractivity contribution is -0.144. The van der Waals surface area contributed by atoms with Gasteiger partial charge in [0.05, 0.1) is 39.6 Å². The van der Waals surface area contributed by atoms with E-state index < -0.39 is 26.0 Å². The van der Waals surface area contributed by atoms with E-state index in [0.717, 1.165) is 0 Å². The molecule has 0 bridgehead atoms. The van der Waals surface area contributed by atoms with Crippen molar-refractivity contribution in [2.24, 2.45) is 0 Å². The minimum Gasteiger partial charge on any atom is -0.348 e. The fourth-order valence-electron chi connectivity index (χ4n) is 3.08. The van der Waals surface area contributed by atoms with Gasteiger partial charge in [-0.3, -0.25) is 0 Å². The molecule has 3 aliphatic rings. The van der Waals surface area contributed by atoms with Crippen LogP contribution in [-0.4, -0.2) is 75.3 Å². The third-order valence-electron chi connectivity index (χ3n) is 4.30. The number of hydrogen-bond acceptors (Lipinski definition) is 9. The highest BCUT2D eigenvalue weighted by Crippen LogP contribution is 2.42. The van der Waals surface area contributed by atoms with Crippen molar-refractivity contribution in [2.45, 2.75) is 77.2 Å². The van der Waals surface area contributed by atoms with Crippen LogP contribution in [0.1, 0.15) is 41.5 Å². The Morgan fingerprint density at radius 2 is 0.893 bits per heavy atom. The topological polar surface area (TPSA) is 83.1 Å². The maximum atomic E-state index is 5.87. The molecule has 3 saturated heterocycles. The van der Waals surface area contributed by atoms with Crippen molar-refractivity contribution in [2.75, 3.05) is 39.6 Å². The summed E-state index contributed by atoms with van der Waals surface area (Å²) in [6.07, 6.45) is -0.494. The second-order valence-electron chi connectivity index (χ2n) is 8.46. The maximum absolute atomic E-state index is 5.87. The molecule has 3 unspecified atom stereocenters. The third kappa shape index (κ3) is 7.09. The predicted octanol–water partition coefficient (Wildman–Crippen LogP) is 2.72. The van der Waals surface area contributed by atoms with Crippen molar-refractivity contribution in [1.82, 2.24) is 0 Å². The molecular weight excluding hydrogens is 391 g/mol. The van der Waals surface area contributed by atoms with E-state index >= 15 is 0 Å². The minimum absolute atomic E-state index is 0.165. The molecule has 3 rings (SSSR count). The van der Waals surface area contributed by atoms with E-state index in [2.05, 4.69) is 0 Å². The van der Waals surface area contributed by atoms with E-state index in [9.17, 15) is 0 Å². The monoisotopic (exact) mass is 424 g/mol. The first-order chi connectivity index (χ1) is 13.0. The van der Waals surface area contributed by atoms with Crippen molar-refractivity contribution in [3.63, 3.8) is 0 Å². The predicted molar refractivity (Wildman–Crippen MR) is 99.5 cm³/mol. The largest absolute Gasteiger partial charge is 0.348 e. The van der Waals surface area contributed by atoms with Gasteiger partial charge in [0, 0.05) is 0 Å². The Labute approximate surface area is 168 Å². The highest BCUT2D eigenvalue weighted by molar-refractivity contribution is 7.41. The zero-order chi connectivity index (χ0) is 20.4. The summed E-state index contributed by atoms with van der Waals surface area (Å²) in [5, 5.41) is 0. The van der Waals surface area contributed by atoms with Crippen LogP contribution in [-0.2, 0) is 42.0 Å². The van der Waals surface area contributed by atoms with Crippen molar-refractivity contribution in [1.29, 1.82) is 0 Å². The van der Waals surface area contributed by atoms with E-state index in [0.29, 0.717) is 39.6 Å². The van der Waals surface area contributed by atoms with E-state index in [-0.39, 0.29) is 18.3 Å². The van der Waals surface area contributed by atoms with Gasteiger partial charge in [-0.15, -0.1) is 0 Å². The summed E-state index contributed by atoms with van der Waals surface area (Å²) < 4.78 is 51.6. The fourth-order valence-corrected chi connectivity index (χ4v) is 4.17. The van der Waals surface area contributed by atoms with Crippen LogP contribution in [0.15, 0.2) is 0 Å². The normalized spacial score (nSPS) is 34.7. The number of ether oxygens (including phenoxy) is 6. The first kappa shape index (κ1) is 22.7. The van der Waals surface area contributed by atoms with E-state index in [1.165, 1.54) is 0 Å². The van der Waals surface area contributed by atoms with Crippen LogP contribution in [0.3, 0.4) is 0 Å². The Kier molecular flexibility index (Phi) is 7.36. The smallest absolute Gasteiger partial charge is 0.332 e. The molecular formula is C18H33O9P. The summed E-state index contributed by atoms with van der Waals surface area (Å²) in [6, 6.07) is 0. The third-order valence-corrected chi connectivity index (χ3v) is 5.38. The number of rotatable bonds is 9. The summed E-state index contributed by atoms with van der Waals surface area (Å²) >= 11 is 0. The van der Waals surface area contributed by atoms with Gasteiger partial charge in [-0.25, -0.2) is 0 Å². The Balaban J connectivity index is 1.45. The molecule has 164 valence electrons. The summed E-state index contributed by atoms with van der Waals surface area (Å²) in [6.45, 7) is 13.6. The SMILES string of the molecule is CC1(C)OCC(COP(OCC2COC(C)(C)O2)OCC2COC(C)(C)O2)O1. The van der Waals surface area contributed by atoms with Gasteiger partial charge in [0.1, 0.15) is 18.3 Å². The molecule has 10 heteroatoms. The molecule has 0 amide bonds. The van der Waals surface area contributed by atoms with E-state index in [4.69, 9.17) is 42.0 Å². The second-order valence-corrected chi connectivity index (χ2v) is 9.68. The van der Waals surface area contributed by atoms with Gasteiger partial charge >= 0.3 is 8.60 Å². The van der Waals surface area contributed by atoms with E-state index in [1.807, 2.05) is 41.5 Å². The first-order valence-electron chi connectivity index (χ1n) is 9.66. The summed E-state index contributed by atoms with van der Waals surface area (Å²) in [5.41, 5.74) is 0. The summed E-state index contributed by atoms with van der Waals surface area (Å²) in [4.78, 5) is 0. The fraction of sp³-hybridized carbons (Fsp3) is 1.00. The zero-order valence-corrected chi connectivity index (χ0v) is 18.5. The van der Waals surface area contributed by atoms with Gasteiger partial charge < -0.3 is 42.0 Å². The average Bonchev–Trinajstić information content (AvgIpc) is 3.23. The van der Waals surface area contributed by atoms with Crippen LogP contribution in [0.4, 0.5) is 0 Å². The quantitative estimate of drug-likeness (QED) is 0.519. The van der Waals surface area contributed by atoms with Crippen LogP contribution in [0.25, 0.3) is 0 Å². The van der Waals surface area contributed by atoms with Gasteiger partial charge in [-0.05, 0) is 41.5 Å². The van der Waals surface area contributed by atoms with Gasteiger partial charge in [-0.1, -0.05) is 0 Å².